The molecule has 1 fully saturated rings. The lowest BCUT2D eigenvalue weighted by Crippen LogP contribution is -2.30. The monoisotopic (exact) mass is 508 g/mol. The minimum Gasteiger partial charge on any atom is -0.366 e. The van der Waals surface area contributed by atoms with E-state index in [9.17, 15) is 28.1 Å². The maximum atomic E-state index is 12.8. The zero-order chi connectivity index (χ0) is 25.7. The number of carbonyl (C=O) groups is 2. The van der Waals surface area contributed by atoms with E-state index >= 15 is 0 Å². The van der Waals surface area contributed by atoms with Crippen LogP contribution in [0, 0.1) is 10.1 Å². The average molecular weight is 509 g/mol. The molecule has 36 heavy (non-hydrogen) atoms. The van der Waals surface area contributed by atoms with Gasteiger partial charge in [-0.15, -0.1) is 0 Å². The number of carbonyl (C=O) groups excluding carboxylic acids is 2. The fourth-order valence-electron chi connectivity index (χ4n) is 3.99. The summed E-state index contributed by atoms with van der Waals surface area (Å²) >= 11 is 0. The molecule has 10 nitrogen and oxygen atoms in total. The quantitative estimate of drug-likeness (QED) is 0.364. The smallest absolute Gasteiger partial charge is 0.293 e. The molecule has 11 heteroatoms. The molecule has 1 saturated heterocycles. The fourth-order valence-corrected chi connectivity index (χ4v) is 4.99. The molecule has 0 saturated carbocycles. The molecule has 1 aliphatic heterocycles. The summed E-state index contributed by atoms with van der Waals surface area (Å²) in [6.07, 6.45) is 2.99. The van der Waals surface area contributed by atoms with Crippen LogP contribution in [0.4, 0.5) is 17.1 Å². The van der Waals surface area contributed by atoms with Crippen molar-refractivity contribution in [2.75, 3.05) is 23.3 Å². The molecule has 1 aliphatic rings. The number of nitro groups is 1. The van der Waals surface area contributed by atoms with Gasteiger partial charge >= 0.3 is 0 Å². The van der Waals surface area contributed by atoms with Crippen LogP contribution in [0.1, 0.15) is 40.0 Å². The molecule has 0 atom stereocenters. The highest BCUT2D eigenvalue weighted by Crippen LogP contribution is 2.31. The van der Waals surface area contributed by atoms with Crippen molar-refractivity contribution in [1.82, 2.24) is 4.72 Å². The largest absolute Gasteiger partial charge is 0.366 e. The van der Waals surface area contributed by atoms with E-state index in [1.165, 1.54) is 48.5 Å². The van der Waals surface area contributed by atoms with Crippen molar-refractivity contribution < 1.29 is 22.9 Å². The molecule has 0 bridgehead atoms. The van der Waals surface area contributed by atoms with Crippen molar-refractivity contribution in [3.05, 3.63) is 94.0 Å². The van der Waals surface area contributed by atoms with Gasteiger partial charge < -0.3 is 10.2 Å². The number of nitrogens with one attached hydrogen (secondary N) is 2. The van der Waals surface area contributed by atoms with Gasteiger partial charge in [0.1, 0.15) is 5.69 Å². The van der Waals surface area contributed by atoms with Gasteiger partial charge in [-0.2, -0.15) is 0 Å². The van der Waals surface area contributed by atoms with Gasteiger partial charge in [0, 0.05) is 36.0 Å². The fraction of sp³-hybridized carbons (Fsp3) is 0.200. The van der Waals surface area contributed by atoms with E-state index in [-0.39, 0.29) is 27.4 Å². The molecule has 4 rings (SSSR count). The summed E-state index contributed by atoms with van der Waals surface area (Å²) in [7, 11) is -4.07. The van der Waals surface area contributed by atoms with E-state index in [1.54, 1.807) is 24.3 Å². The molecule has 3 aromatic carbocycles. The Hall–Kier alpha value is -4.25. The number of benzene rings is 3. The van der Waals surface area contributed by atoms with E-state index in [4.69, 9.17) is 0 Å². The van der Waals surface area contributed by atoms with Crippen molar-refractivity contribution in [3.63, 3.8) is 0 Å². The summed E-state index contributed by atoms with van der Waals surface area (Å²) in [5.41, 5.74) is 0.661. The van der Waals surface area contributed by atoms with Crippen LogP contribution in [0.3, 0.4) is 0 Å². The van der Waals surface area contributed by atoms with Gasteiger partial charge in [0.25, 0.3) is 27.5 Å². The van der Waals surface area contributed by atoms with Crippen molar-refractivity contribution in [2.45, 2.75) is 24.2 Å². The number of nitrogens with zero attached hydrogens (tertiary/aromatic N) is 2. The zero-order valence-corrected chi connectivity index (χ0v) is 20.0. The molecule has 0 aromatic heterocycles. The Bertz CT molecular complexity index is 1400. The molecular weight excluding hydrogens is 484 g/mol. The van der Waals surface area contributed by atoms with E-state index in [2.05, 4.69) is 5.32 Å². The molecule has 1 heterocycles. The first-order valence-corrected chi connectivity index (χ1v) is 12.8. The Kier molecular flexibility index (Phi) is 7.30. The van der Waals surface area contributed by atoms with Gasteiger partial charge in [-0.1, -0.05) is 24.3 Å². The number of anilines is 2. The maximum absolute atomic E-state index is 12.8. The number of hydrogen-bond donors (Lipinski definition) is 2. The van der Waals surface area contributed by atoms with E-state index in [0.717, 1.165) is 32.4 Å². The Morgan fingerprint density at radius 1 is 0.833 bits per heavy atom. The lowest BCUT2D eigenvalue weighted by Gasteiger charge is -2.28. The summed E-state index contributed by atoms with van der Waals surface area (Å²) in [6.45, 7) is 1.45. The standard InChI is InChI=1S/C25H24N4O6S/c30-24(19-12-13-22(23(17-19)29(32)33)28-14-5-2-6-15-28)26-20-9-7-8-18(16-20)25(31)27-36(34,35)21-10-3-1-4-11-21/h1,3-4,7-13,16-17H,2,5-6,14-15H2,(H,26,30)(H,27,31). The van der Waals surface area contributed by atoms with Crippen LogP contribution in [0.5, 0.6) is 0 Å². The molecule has 2 N–H and O–H groups in total. The number of piperidine rings is 1. The second-order valence-corrected chi connectivity index (χ2v) is 9.97. The first-order valence-electron chi connectivity index (χ1n) is 11.3. The third-order valence-electron chi connectivity index (χ3n) is 5.79. The normalized spacial score (nSPS) is 13.6. The van der Waals surface area contributed by atoms with Crippen LogP contribution in [0.15, 0.2) is 77.7 Å². The van der Waals surface area contributed by atoms with Crippen LogP contribution in [-0.4, -0.2) is 38.2 Å². The van der Waals surface area contributed by atoms with E-state index < -0.39 is 26.8 Å². The first-order chi connectivity index (χ1) is 17.2. The van der Waals surface area contributed by atoms with Gasteiger partial charge in [-0.25, -0.2) is 13.1 Å². The summed E-state index contributed by atoms with van der Waals surface area (Å²) in [6, 6.07) is 17.5. The van der Waals surface area contributed by atoms with Crippen LogP contribution in [0.25, 0.3) is 0 Å². The topological polar surface area (TPSA) is 139 Å². The van der Waals surface area contributed by atoms with Gasteiger partial charge in [0.2, 0.25) is 0 Å². The molecule has 0 unspecified atom stereocenters. The molecule has 186 valence electrons. The van der Waals surface area contributed by atoms with Crippen LogP contribution in [0.2, 0.25) is 0 Å². The number of amides is 2. The SMILES string of the molecule is O=C(Nc1cccc(C(=O)NS(=O)(=O)c2ccccc2)c1)c1ccc(N2CCCCC2)c([N+](=O)[O-])c1. The predicted octanol–water partition coefficient (Wildman–Crippen LogP) is 3.96. The third kappa shape index (κ3) is 5.69. The number of nitro benzene ring substituents is 1. The maximum Gasteiger partial charge on any atom is 0.293 e. The van der Waals surface area contributed by atoms with Crippen LogP contribution >= 0.6 is 0 Å². The second kappa shape index (κ2) is 10.6. The predicted molar refractivity (Wildman–Crippen MR) is 135 cm³/mol. The lowest BCUT2D eigenvalue weighted by atomic mass is 10.1. The second-order valence-electron chi connectivity index (χ2n) is 8.29. The van der Waals surface area contributed by atoms with Crippen molar-refractivity contribution in [1.29, 1.82) is 0 Å². The molecular formula is C25H24N4O6S. The molecule has 0 radical (unpaired) electrons. The minimum absolute atomic E-state index is 0.0127. The Labute approximate surface area is 208 Å². The van der Waals surface area contributed by atoms with E-state index in [1.807, 2.05) is 9.62 Å². The highest BCUT2D eigenvalue weighted by atomic mass is 32.2. The van der Waals surface area contributed by atoms with Gasteiger partial charge in [-0.05, 0) is 61.7 Å². The van der Waals surface area contributed by atoms with Gasteiger partial charge in [-0.3, -0.25) is 19.7 Å². The highest BCUT2D eigenvalue weighted by Gasteiger charge is 2.23. The average Bonchev–Trinajstić information content (AvgIpc) is 2.89. The summed E-state index contributed by atoms with van der Waals surface area (Å²) in [4.78, 5) is 38.5. The number of hydrogen-bond acceptors (Lipinski definition) is 7. The number of rotatable bonds is 7. The van der Waals surface area contributed by atoms with Crippen molar-refractivity contribution >= 4 is 38.9 Å². The van der Waals surface area contributed by atoms with Crippen molar-refractivity contribution in [3.8, 4) is 0 Å². The zero-order valence-electron chi connectivity index (χ0n) is 19.2. The number of sulfonamides is 1. The summed E-state index contributed by atoms with van der Waals surface area (Å²) < 4.78 is 26.9. The van der Waals surface area contributed by atoms with Gasteiger partial charge in [0.05, 0.1) is 9.82 Å². The minimum atomic E-state index is -4.07. The van der Waals surface area contributed by atoms with Gasteiger partial charge in [0.15, 0.2) is 0 Å². The Balaban J connectivity index is 1.50. The Morgan fingerprint density at radius 3 is 2.22 bits per heavy atom. The van der Waals surface area contributed by atoms with Crippen LogP contribution < -0.4 is 14.9 Å². The molecule has 0 spiro atoms. The summed E-state index contributed by atoms with van der Waals surface area (Å²) in [5.74, 6) is -1.46. The molecule has 2 amide bonds. The molecule has 3 aromatic rings. The summed E-state index contributed by atoms with van der Waals surface area (Å²) in [5, 5.41) is 14.3. The van der Waals surface area contributed by atoms with E-state index in [0.29, 0.717) is 5.69 Å². The Morgan fingerprint density at radius 2 is 1.53 bits per heavy atom. The highest BCUT2D eigenvalue weighted by molar-refractivity contribution is 7.90. The van der Waals surface area contributed by atoms with Crippen LogP contribution in [-0.2, 0) is 10.0 Å². The lowest BCUT2D eigenvalue weighted by molar-refractivity contribution is -0.384. The first kappa shape index (κ1) is 24.9. The third-order valence-corrected chi connectivity index (χ3v) is 7.14. The van der Waals surface area contributed by atoms with Crippen molar-refractivity contribution in [2.24, 2.45) is 0 Å². The molecule has 0 aliphatic carbocycles.